The predicted molar refractivity (Wildman–Crippen MR) is 94.1 cm³/mol. The molecule has 3 rings (SSSR count). The van der Waals surface area contributed by atoms with Crippen molar-refractivity contribution in [2.45, 2.75) is 44.8 Å². The van der Waals surface area contributed by atoms with Crippen molar-refractivity contribution < 1.29 is 9.53 Å². The fourth-order valence-corrected chi connectivity index (χ4v) is 3.00. The molecule has 1 aliphatic rings. The number of carbonyl (C=O) groups is 1. The van der Waals surface area contributed by atoms with Crippen LogP contribution in [0.4, 0.5) is 10.6 Å². The molecule has 0 aromatic carbocycles. The van der Waals surface area contributed by atoms with E-state index >= 15 is 0 Å². The van der Waals surface area contributed by atoms with E-state index in [1.54, 1.807) is 23.0 Å². The van der Waals surface area contributed by atoms with Gasteiger partial charge in [-0.3, -0.25) is 10.00 Å². The molecule has 25 heavy (non-hydrogen) atoms. The Morgan fingerprint density at radius 3 is 2.84 bits per heavy atom. The fraction of sp³-hybridized carbons (Fsp3) is 0.529. The Kier molecular flexibility index (Phi) is 4.98. The van der Waals surface area contributed by atoms with Gasteiger partial charge >= 0.3 is 6.03 Å². The van der Waals surface area contributed by atoms with Crippen molar-refractivity contribution in [3.8, 4) is 11.4 Å². The van der Waals surface area contributed by atoms with Crippen molar-refractivity contribution in [2.24, 2.45) is 7.05 Å². The van der Waals surface area contributed by atoms with Crippen LogP contribution in [-0.2, 0) is 11.8 Å². The van der Waals surface area contributed by atoms with Crippen molar-refractivity contribution in [3.05, 3.63) is 24.4 Å². The highest BCUT2D eigenvalue weighted by Crippen LogP contribution is 2.27. The number of hydrogen-bond donors (Lipinski definition) is 2. The minimum absolute atomic E-state index is 0.0489. The molecule has 1 atom stereocenters. The van der Waals surface area contributed by atoms with Gasteiger partial charge in [0.2, 0.25) is 0 Å². The highest BCUT2D eigenvalue weighted by Gasteiger charge is 2.28. The molecule has 0 spiro atoms. The minimum Gasteiger partial charge on any atom is -0.371 e. The van der Waals surface area contributed by atoms with E-state index in [2.05, 4.69) is 39.8 Å². The molecule has 2 amide bonds. The summed E-state index contributed by atoms with van der Waals surface area (Å²) in [4.78, 5) is 12.0. The smallest absolute Gasteiger partial charge is 0.320 e. The third kappa shape index (κ3) is 4.54. The highest BCUT2D eigenvalue weighted by atomic mass is 16.5. The van der Waals surface area contributed by atoms with Gasteiger partial charge in [-0.05, 0) is 51.3 Å². The molecular formula is C17H24N6O2. The molecule has 0 bridgehead atoms. The van der Waals surface area contributed by atoms with Gasteiger partial charge in [0, 0.05) is 19.8 Å². The van der Waals surface area contributed by atoms with E-state index in [-0.39, 0.29) is 17.7 Å². The van der Waals surface area contributed by atoms with Crippen LogP contribution in [-0.4, -0.2) is 44.3 Å². The van der Waals surface area contributed by atoms with E-state index in [0.29, 0.717) is 18.1 Å². The molecular weight excluding hydrogens is 320 g/mol. The molecule has 0 radical (unpaired) electrons. The SMILES string of the molecule is Cn1nccc1-c1ccc(NC(=O)NCC2CCCC(C)(C)O2)nn1. The highest BCUT2D eigenvalue weighted by molar-refractivity contribution is 5.88. The second kappa shape index (κ2) is 7.18. The quantitative estimate of drug-likeness (QED) is 0.888. The topological polar surface area (TPSA) is 94.0 Å². The lowest BCUT2D eigenvalue weighted by molar-refractivity contribution is -0.103. The van der Waals surface area contributed by atoms with Crippen molar-refractivity contribution >= 4 is 11.8 Å². The molecule has 1 aliphatic heterocycles. The maximum atomic E-state index is 12.0. The molecule has 0 aliphatic carbocycles. The van der Waals surface area contributed by atoms with Crippen molar-refractivity contribution in [3.63, 3.8) is 0 Å². The van der Waals surface area contributed by atoms with E-state index in [9.17, 15) is 4.79 Å². The monoisotopic (exact) mass is 344 g/mol. The second-order valence-electron chi connectivity index (χ2n) is 6.87. The first kappa shape index (κ1) is 17.3. The Labute approximate surface area is 147 Å². The molecule has 8 nitrogen and oxygen atoms in total. The Bertz CT molecular complexity index is 725. The number of carbonyl (C=O) groups excluding carboxylic acids is 1. The van der Waals surface area contributed by atoms with Gasteiger partial charge in [0.15, 0.2) is 5.82 Å². The summed E-state index contributed by atoms with van der Waals surface area (Å²) in [6, 6.07) is 5.06. The normalized spacial score (nSPS) is 19.4. The molecule has 1 fully saturated rings. The summed E-state index contributed by atoms with van der Waals surface area (Å²) >= 11 is 0. The molecule has 0 saturated carbocycles. The summed E-state index contributed by atoms with van der Waals surface area (Å²) in [5, 5.41) is 17.8. The number of rotatable bonds is 4. The lowest BCUT2D eigenvalue weighted by Gasteiger charge is -2.36. The van der Waals surface area contributed by atoms with Gasteiger partial charge in [-0.1, -0.05) is 0 Å². The molecule has 2 N–H and O–H groups in total. The van der Waals surface area contributed by atoms with Gasteiger partial charge in [-0.2, -0.15) is 5.10 Å². The van der Waals surface area contributed by atoms with Gasteiger partial charge in [-0.15, -0.1) is 10.2 Å². The first-order chi connectivity index (χ1) is 11.9. The van der Waals surface area contributed by atoms with Crippen molar-refractivity contribution in [1.82, 2.24) is 25.3 Å². The van der Waals surface area contributed by atoms with Crippen LogP contribution in [0.5, 0.6) is 0 Å². The van der Waals surface area contributed by atoms with Gasteiger partial charge in [0.05, 0.1) is 17.4 Å². The van der Waals surface area contributed by atoms with Crippen LogP contribution >= 0.6 is 0 Å². The van der Waals surface area contributed by atoms with Crippen LogP contribution in [0.25, 0.3) is 11.4 Å². The Morgan fingerprint density at radius 2 is 2.20 bits per heavy atom. The molecule has 3 heterocycles. The minimum atomic E-state index is -0.311. The molecule has 1 unspecified atom stereocenters. The fourth-order valence-electron chi connectivity index (χ4n) is 3.00. The molecule has 1 saturated heterocycles. The third-order valence-corrected chi connectivity index (χ3v) is 4.27. The zero-order chi connectivity index (χ0) is 17.9. The van der Waals surface area contributed by atoms with Crippen LogP contribution in [0.3, 0.4) is 0 Å². The van der Waals surface area contributed by atoms with E-state index in [1.165, 1.54) is 0 Å². The van der Waals surface area contributed by atoms with Crippen molar-refractivity contribution in [1.29, 1.82) is 0 Å². The second-order valence-corrected chi connectivity index (χ2v) is 6.87. The van der Waals surface area contributed by atoms with Gasteiger partial charge in [0.25, 0.3) is 0 Å². The molecule has 134 valence electrons. The number of anilines is 1. The Balaban J connectivity index is 1.50. The number of urea groups is 1. The van der Waals surface area contributed by atoms with Crippen LogP contribution in [0.1, 0.15) is 33.1 Å². The maximum absolute atomic E-state index is 12.0. The number of aromatic nitrogens is 4. The van der Waals surface area contributed by atoms with E-state index in [4.69, 9.17) is 4.74 Å². The predicted octanol–water partition coefficient (Wildman–Crippen LogP) is 2.35. The summed E-state index contributed by atoms with van der Waals surface area (Å²) in [6.45, 7) is 4.65. The first-order valence-electron chi connectivity index (χ1n) is 8.48. The Hall–Kier alpha value is -2.48. The van der Waals surface area contributed by atoms with Gasteiger partial charge < -0.3 is 10.1 Å². The number of nitrogens with one attached hydrogen (secondary N) is 2. The largest absolute Gasteiger partial charge is 0.371 e. The summed E-state index contributed by atoms with van der Waals surface area (Å²) in [5.74, 6) is 0.397. The lowest BCUT2D eigenvalue weighted by atomic mass is 9.95. The maximum Gasteiger partial charge on any atom is 0.320 e. The number of hydrogen-bond acceptors (Lipinski definition) is 5. The zero-order valence-corrected chi connectivity index (χ0v) is 14.8. The molecule has 2 aromatic rings. The molecule has 8 heteroatoms. The number of ether oxygens (including phenoxy) is 1. The van der Waals surface area contributed by atoms with E-state index < -0.39 is 0 Å². The van der Waals surface area contributed by atoms with E-state index in [0.717, 1.165) is 25.0 Å². The van der Waals surface area contributed by atoms with Gasteiger partial charge in [-0.25, -0.2) is 4.79 Å². The van der Waals surface area contributed by atoms with Crippen LogP contribution in [0.15, 0.2) is 24.4 Å². The summed E-state index contributed by atoms with van der Waals surface area (Å²) < 4.78 is 7.68. The van der Waals surface area contributed by atoms with Crippen molar-refractivity contribution in [2.75, 3.05) is 11.9 Å². The summed E-state index contributed by atoms with van der Waals surface area (Å²) in [7, 11) is 1.84. The Morgan fingerprint density at radius 1 is 1.36 bits per heavy atom. The standard InChI is InChI=1S/C17H24N6O2/c1-17(2)9-4-5-12(25-17)11-18-16(24)20-15-7-6-13(21-22-15)14-8-10-19-23(14)3/h6-8,10,12H,4-5,9,11H2,1-3H3,(H2,18,20,22,24). The third-order valence-electron chi connectivity index (χ3n) is 4.27. The lowest BCUT2D eigenvalue weighted by Crippen LogP contribution is -2.43. The average molecular weight is 344 g/mol. The van der Waals surface area contributed by atoms with Gasteiger partial charge in [0.1, 0.15) is 5.69 Å². The van der Waals surface area contributed by atoms with Crippen LogP contribution in [0.2, 0.25) is 0 Å². The summed E-state index contributed by atoms with van der Waals surface area (Å²) in [6.07, 6.45) is 4.87. The van der Waals surface area contributed by atoms with E-state index in [1.807, 2.05) is 13.1 Å². The summed E-state index contributed by atoms with van der Waals surface area (Å²) in [5.41, 5.74) is 1.44. The zero-order valence-electron chi connectivity index (χ0n) is 14.8. The number of aryl methyl sites for hydroxylation is 1. The molecule has 2 aromatic heterocycles. The van der Waals surface area contributed by atoms with Crippen LogP contribution < -0.4 is 10.6 Å². The average Bonchev–Trinajstić information content (AvgIpc) is 2.99. The first-order valence-corrected chi connectivity index (χ1v) is 8.48. The number of nitrogens with zero attached hydrogens (tertiary/aromatic N) is 4. The number of amides is 2. The van der Waals surface area contributed by atoms with Crippen LogP contribution in [0, 0.1) is 0 Å².